The summed E-state index contributed by atoms with van der Waals surface area (Å²) in [6.07, 6.45) is 1.56. The first kappa shape index (κ1) is 21.5. The van der Waals surface area contributed by atoms with Gasteiger partial charge in [-0.3, -0.25) is 9.89 Å². The van der Waals surface area contributed by atoms with Crippen LogP contribution in [0, 0.1) is 0 Å². The summed E-state index contributed by atoms with van der Waals surface area (Å²) in [4.78, 5) is 17.9. The van der Waals surface area contributed by atoms with Crippen LogP contribution in [0.15, 0.2) is 88.9 Å². The van der Waals surface area contributed by atoms with Crippen molar-refractivity contribution in [1.82, 2.24) is 19.8 Å². The lowest BCUT2D eigenvalue weighted by atomic mass is 10.0. The number of nitrogens with zero attached hydrogens (tertiary/aromatic N) is 4. The molecule has 4 rings (SSSR count). The second-order valence-electron chi connectivity index (χ2n) is 6.88. The summed E-state index contributed by atoms with van der Waals surface area (Å²) < 4.78 is 1.48. The molecule has 32 heavy (non-hydrogen) atoms. The maximum Gasteiger partial charge on any atom is 0.281 e. The molecule has 7 nitrogen and oxygen atoms in total. The third kappa shape index (κ3) is 4.32. The minimum atomic E-state index is -0.278. The largest absolute Gasteiger partial charge is 0.375 e. The van der Waals surface area contributed by atoms with E-state index in [4.69, 9.17) is 29.6 Å². The van der Waals surface area contributed by atoms with E-state index in [9.17, 15) is 4.79 Å². The van der Waals surface area contributed by atoms with E-state index in [1.165, 1.54) is 9.69 Å². The van der Waals surface area contributed by atoms with Gasteiger partial charge in [0.1, 0.15) is 10.9 Å². The van der Waals surface area contributed by atoms with Gasteiger partial charge in [-0.15, -0.1) is 0 Å². The van der Waals surface area contributed by atoms with Crippen molar-refractivity contribution in [2.75, 3.05) is 7.05 Å². The first-order chi connectivity index (χ1) is 15.5. The Balaban J connectivity index is 2.03. The minimum absolute atomic E-state index is 0.0598. The van der Waals surface area contributed by atoms with Gasteiger partial charge in [0.25, 0.3) is 5.56 Å². The minimum Gasteiger partial charge on any atom is -0.375 e. The van der Waals surface area contributed by atoms with Crippen LogP contribution >= 0.6 is 23.8 Å². The van der Waals surface area contributed by atoms with Crippen LogP contribution in [0.2, 0.25) is 5.15 Å². The Hall–Kier alpha value is -3.75. The molecule has 0 unspecified atom stereocenters. The van der Waals surface area contributed by atoms with Crippen LogP contribution in [0.3, 0.4) is 0 Å². The Bertz CT molecular complexity index is 1330. The van der Waals surface area contributed by atoms with Gasteiger partial charge in [0.2, 0.25) is 0 Å². The van der Waals surface area contributed by atoms with Crippen LogP contribution in [0.5, 0.6) is 0 Å². The van der Waals surface area contributed by atoms with Crippen molar-refractivity contribution in [3.63, 3.8) is 0 Å². The molecule has 0 bridgehead atoms. The zero-order valence-corrected chi connectivity index (χ0v) is 18.6. The fraction of sp³-hybridized carbons (Fsp3) is 0.0435. The maximum atomic E-state index is 13.7. The standard InChI is InChI=1S/C23H19ClN6OS/c1-29(23(25)32)27-21(16-12-13-18(24)26-14-16)19-20(15-8-4-2-5-9-15)28-30(22(19)31)17-10-6-3-7-11-17/h2-14,28H,1H3,(H2,25,32). The van der Waals surface area contributed by atoms with Crippen LogP contribution in [-0.4, -0.2) is 37.6 Å². The molecule has 3 N–H and O–H groups in total. The number of pyridine rings is 1. The molecule has 2 aromatic carbocycles. The monoisotopic (exact) mass is 462 g/mol. The number of rotatable bonds is 5. The zero-order chi connectivity index (χ0) is 22.7. The maximum absolute atomic E-state index is 13.7. The molecular formula is C23H19ClN6OS. The second-order valence-corrected chi connectivity index (χ2v) is 7.69. The Morgan fingerprint density at radius 3 is 2.34 bits per heavy atom. The summed E-state index contributed by atoms with van der Waals surface area (Å²) in [5.74, 6) is 0. The molecule has 2 aromatic heterocycles. The molecule has 0 spiro atoms. The fourth-order valence-corrected chi connectivity index (χ4v) is 3.35. The lowest BCUT2D eigenvalue weighted by molar-refractivity contribution is 0.549. The number of aromatic nitrogens is 3. The molecule has 0 aliphatic heterocycles. The molecule has 2 heterocycles. The van der Waals surface area contributed by atoms with E-state index in [-0.39, 0.29) is 10.7 Å². The average molecular weight is 463 g/mol. The molecule has 0 amide bonds. The first-order valence-electron chi connectivity index (χ1n) is 9.65. The van der Waals surface area contributed by atoms with E-state index in [1.807, 2.05) is 60.7 Å². The van der Waals surface area contributed by atoms with Gasteiger partial charge < -0.3 is 5.73 Å². The third-order valence-electron chi connectivity index (χ3n) is 4.77. The normalized spacial score (nSPS) is 11.4. The van der Waals surface area contributed by atoms with E-state index >= 15 is 0 Å². The number of halogens is 1. The predicted octanol–water partition coefficient (Wildman–Crippen LogP) is 3.81. The number of thiocarbonyl (C=S) groups is 1. The van der Waals surface area contributed by atoms with Gasteiger partial charge in [0.15, 0.2) is 5.11 Å². The number of nitrogens with one attached hydrogen (secondary N) is 1. The summed E-state index contributed by atoms with van der Waals surface area (Å²) in [7, 11) is 1.62. The number of para-hydroxylation sites is 1. The van der Waals surface area contributed by atoms with Crippen LogP contribution in [0.25, 0.3) is 16.9 Å². The van der Waals surface area contributed by atoms with Gasteiger partial charge in [-0.25, -0.2) is 14.7 Å². The number of H-pyrrole nitrogens is 1. The van der Waals surface area contributed by atoms with Gasteiger partial charge in [-0.05, 0) is 36.5 Å². The summed E-state index contributed by atoms with van der Waals surface area (Å²) >= 11 is 11.1. The van der Waals surface area contributed by atoms with Crippen LogP contribution in [0.1, 0.15) is 11.1 Å². The van der Waals surface area contributed by atoms with Crippen molar-refractivity contribution in [2.24, 2.45) is 10.8 Å². The molecule has 160 valence electrons. The summed E-state index contributed by atoms with van der Waals surface area (Å²) in [5, 5.41) is 9.54. The van der Waals surface area contributed by atoms with Gasteiger partial charge in [0, 0.05) is 24.4 Å². The van der Waals surface area contributed by atoms with E-state index in [2.05, 4.69) is 15.2 Å². The summed E-state index contributed by atoms with van der Waals surface area (Å²) in [5.41, 5.74) is 8.91. The van der Waals surface area contributed by atoms with Crippen molar-refractivity contribution in [1.29, 1.82) is 0 Å². The highest BCUT2D eigenvalue weighted by molar-refractivity contribution is 7.80. The molecule has 0 atom stereocenters. The van der Waals surface area contributed by atoms with Crippen molar-refractivity contribution < 1.29 is 0 Å². The molecule has 9 heteroatoms. The van der Waals surface area contributed by atoms with Gasteiger partial charge in [-0.1, -0.05) is 60.1 Å². The Morgan fingerprint density at radius 2 is 1.75 bits per heavy atom. The van der Waals surface area contributed by atoms with E-state index in [0.29, 0.717) is 33.4 Å². The third-order valence-corrected chi connectivity index (χ3v) is 5.26. The second kappa shape index (κ2) is 9.17. The topological polar surface area (TPSA) is 92.3 Å². The first-order valence-corrected chi connectivity index (χ1v) is 10.4. The molecule has 0 aliphatic rings. The zero-order valence-electron chi connectivity index (χ0n) is 17.1. The average Bonchev–Trinajstić information content (AvgIpc) is 3.16. The lowest BCUT2D eigenvalue weighted by Gasteiger charge is -2.14. The number of nitrogens with two attached hydrogens (primary N) is 1. The molecule has 0 aliphatic carbocycles. The van der Waals surface area contributed by atoms with Crippen molar-refractivity contribution >= 4 is 34.6 Å². The highest BCUT2D eigenvalue weighted by Gasteiger charge is 2.24. The van der Waals surface area contributed by atoms with Crippen LogP contribution in [-0.2, 0) is 0 Å². The lowest BCUT2D eigenvalue weighted by Crippen LogP contribution is -2.30. The fourth-order valence-electron chi connectivity index (χ4n) is 3.20. The van der Waals surface area contributed by atoms with E-state index in [1.54, 1.807) is 25.4 Å². The predicted molar refractivity (Wildman–Crippen MR) is 131 cm³/mol. The molecule has 0 fully saturated rings. The van der Waals surface area contributed by atoms with Crippen molar-refractivity contribution in [3.8, 4) is 16.9 Å². The number of hydrogen-bond acceptors (Lipinski definition) is 4. The van der Waals surface area contributed by atoms with Crippen molar-refractivity contribution in [2.45, 2.75) is 0 Å². The Morgan fingerprint density at radius 1 is 1.09 bits per heavy atom. The summed E-state index contributed by atoms with van der Waals surface area (Å²) in [6, 6.07) is 22.2. The SMILES string of the molecule is CN(N=C(c1ccc(Cl)nc1)c1c(-c2ccccc2)[nH]n(-c2ccccc2)c1=O)C(N)=S. The number of aromatic amines is 1. The van der Waals surface area contributed by atoms with Gasteiger partial charge >= 0.3 is 0 Å². The quantitative estimate of drug-likeness (QED) is 0.204. The number of hydrazone groups is 1. The van der Waals surface area contributed by atoms with Crippen molar-refractivity contribution in [3.05, 3.63) is 106 Å². The molecule has 0 radical (unpaired) electrons. The van der Waals surface area contributed by atoms with Gasteiger partial charge in [0.05, 0.1) is 16.9 Å². The van der Waals surface area contributed by atoms with Crippen LogP contribution < -0.4 is 11.3 Å². The van der Waals surface area contributed by atoms with Crippen LogP contribution in [0.4, 0.5) is 0 Å². The molecule has 0 saturated carbocycles. The smallest absolute Gasteiger partial charge is 0.281 e. The molecule has 0 saturated heterocycles. The van der Waals surface area contributed by atoms with Gasteiger partial charge in [-0.2, -0.15) is 5.10 Å². The Kier molecular flexibility index (Phi) is 6.16. The number of benzene rings is 2. The highest BCUT2D eigenvalue weighted by Crippen LogP contribution is 2.24. The highest BCUT2D eigenvalue weighted by atomic mass is 35.5. The molecule has 4 aromatic rings. The summed E-state index contributed by atoms with van der Waals surface area (Å²) in [6.45, 7) is 0. The van der Waals surface area contributed by atoms with E-state index in [0.717, 1.165) is 5.56 Å². The molecular weight excluding hydrogens is 444 g/mol. The van der Waals surface area contributed by atoms with E-state index < -0.39 is 0 Å². The number of hydrogen-bond donors (Lipinski definition) is 2. The Labute approximate surface area is 194 Å².